The number of ether oxygens (including phenoxy) is 2. The predicted octanol–water partition coefficient (Wildman–Crippen LogP) is 4.20. The molecule has 3 amide bonds. The van der Waals surface area contributed by atoms with Gasteiger partial charge in [-0.25, -0.2) is 4.90 Å². The second-order valence-electron chi connectivity index (χ2n) is 8.19. The predicted molar refractivity (Wildman–Crippen MR) is 129 cm³/mol. The van der Waals surface area contributed by atoms with Crippen molar-refractivity contribution in [2.24, 2.45) is 0 Å². The van der Waals surface area contributed by atoms with Crippen LogP contribution in [0.1, 0.15) is 42.5 Å². The molecule has 0 unspecified atom stereocenters. The highest BCUT2D eigenvalue weighted by atomic mass is 35.5. The monoisotopic (exact) mass is 483 g/mol. The summed E-state index contributed by atoms with van der Waals surface area (Å²) < 4.78 is 10.5. The fourth-order valence-corrected chi connectivity index (χ4v) is 4.41. The Morgan fingerprint density at radius 1 is 1.00 bits per heavy atom. The number of hydrogen-bond acceptors (Lipinski definition) is 6. The normalized spacial score (nSPS) is 16.6. The average Bonchev–Trinajstić information content (AvgIpc) is 3.07. The number of amides is 3. The topological polar surface area (TPSA) is 97.0 Å². The first-order valence-corrected chi connectivity index (χ1v) is 11.5. The van der Waals surface area contributed by atoms with Crippen molar-refractivity contribution in [3.63, 3.8) is 0 Å². The smallest absolute Gasteiger partial charge is 0.283 e. The summed E-state index contributed by atoms with van der Waals surface area (Å²) in [5.74, 6) is -0.738. The van der Waals surface area contributed by atoms with Gasteiger partial charge in [0.25, 0.3) is 17.7 Å². The third-order valence-corrected chi connectivity index (χ3v) is 6.34. The van der Waals surface area contributed by atoms with Crippen molar-refractivity contribution in [2.75, 3.05) is 24.4 Å². The van der Waals surface area contributed by atoms with Crippen LogP contribution in [0.5, 0.6) is 11.5 Å². The molecule has 2 N–H and O–H groups in total. The largest absolute Gasteiger partial charge is 0.497 e. The van der Waals surface area contributed by atoms with E-state index in [1.807, 2.05) is 0 Å². The average molecular weight is 484 g/mol. The van der Waals surface area contributed by atoms with E-state index in [9.17, 15) is 14.4 Å². The van der Waals surface area contributed by atoms with Crippen LogP contribution in [0, 0.1) is 0 Å². The molecule has 2 aromatic rings. The number of nitrogens with zero attached hydrogens (tertiary/aromatic N) is 1. The van der Waals surface area contributed by atoms with Crippen LogP contribution in [-0.4, -0.2) is 38.0 Å². The maximum absolute atomic E-state index is 13.2. The molecule has 9 heteroatoms. The summed E-state index contributed by atoms with van der Waals surface area (Å²) in [6.45, 7) is 0. The number of nitrogens with one attached hydrogen (secondary N) is 2. The number of carbonyl (C=O) groups excluding carboxylic acids is 3. The molecular formula is C25H26ClN3O5. The first-order chi connectivity index (χ1) is 16.4. The van der Waals surface area contributed by atoms with Gasteiger partial charge in [-0.2, -0.15) is 0 Å². The van der Waals surface area contributed by atoms with Gasteiger partial charge in [-0.15, -0.1) is 0 Å². The molecule has 34 heavy (non-hydrogen) atoms. The summed E-state index contributed by atoms with van der Waals surface area (Å²) in [7, 11) is 2.92. The lowest BCUT2D eigenvalue weighted by Gasteiger charge is -2.22. The summed E-state index contributed by atoms with van der Waals surface area (Å²) in [6.07, 6.45) is 5.39. The molecule has 2 aromatic carbocycles. The van der Waals surface area contributed by atoms with Gasteiger partial charge in [0.05, 0.1) is 19.9 Å². The molecule has 178 valence electrons. The lowest BCUT2D eigenvalue weighted by molar-refractivity contribution is -0.120. The minimum atomic E-state index is -0.688. The van der Waals surface area contributed by atoms with Crippen molar-refractivity contribution in [3.8, 4) is 11.5 Å². The van der Waals surface area contributed by atoms with Gasteiger partial charge in [-0.3, -0.25) is 14.4 Å². The first-order valence-electron chi connectivity index (χ1n) is 11.1. The van der Waals surface area contributed by atoms with Crippen molar-refractivity contribution >= 4 is 40.7 Å². The van der Waals surface area contributed by atoms with E-state index in [0.29, 0.717) is 22.7 Å². The van der Waals surface area contributed by atoms with Crippen molar-refractivity contribution in [3.05, 3.63) is 58.8 Å². The van der Waals surface area contributed by atoms with Crippen molar-refractivity contribution < 1.29 is 23.9 Å². The van der Waals surface area contributed by atoms with E-state index in [1.165, 1.54) is 26.7 Å². The van der Waals surface area contributed by atoms with E-state index in [-0.39, 0.29) is 28.4 Å². The Bertz CT molecular complexity index is 1160. The van der Waals surface area contributed by atoms with Crippen LogP contribution in [0.3, 0.4) is 0 Å². The number of hydrogen-bond donors (Lipinski definition) is 2. The highest BCUT2D eigenvalue weighted by Crippen LogP contribution is 2.38. The van der Waals surface area contributed by atoms with Crippen LogP contribution < -0.4 is 25.0 Å². The molecule has 8 nitrogen and oxygen atoms in total. The van der Waals surface area contributed by atoms with Crippen molar-refractivity contribution in [1.29, 1.82) is 0 Å². The zero-order chi connectivity index (χ0) is 24.2. The molecule has 0 atom stereocenters. The summed E-state index contributed by atoms with van der Waals surface area (Å²) in [6, 6.07) is 11.7. The van der Waals surface area contributed by atoms with E-state index >= 15 is 0 Å². The maximum atomic E-state index is 13.2. The van der Waals surface area contributed by atoms with E-state index in [1.54, 1.807) is 36.4 Å². The van der Waals surface area contributed by atoms with Gasteiger partial charge in [0, 0.05) is 23.4 Å². The molecule has 0 spiro atoms. The van der Waals surface area contributed by atoms with Crippen LogP contribution in [0.2, 0.25) is 0 Å². The zero-order valence-electron chi connectivity index (χ0n) is 19.0. The number of halogens is 1. The van der Waals surface area contributed by atoms with E-state index in [2.05, 4.69) is 10.6 Å². The van der Waals surface area contributed by atoms with Crippen LogP contribution in [0.4, 0.5) is 11.4 Å². The summed E-state index contributed by atoms with van der Waals surface area (Å²) in [5, 5.41) is 5.73. The summed E-state index contributed by atoms with van der Waals surface area (Å²) in [5.41, 5.74) is 1.05. The molecular weight excluding hydrogens is 458 g/mol. The molecule has 0 aromatic heterocycles. The van der Waals surface area contributed by atoms with Crippen molar-refractivity contribution in [2.45, 2.75) is 38.1 Å². The van der Waals surface area contributed by atoms with E-state index in [0.717, 1.165) is 30.6 Å². The van der Waals surface area contributed by atoms with E-state index in [4.69, 9.17) is 21.1 Å². The van der Waals surface area contributed by atoms with Crippen molar-refractivity contribution in [1.82, 2.24) is 5.32 Å². The standard InChI is InChI=1S/C25H26ClN3O5/c1-33-18-11-12-20(34-2)19(14-18)29-24(31)21(26)22(25(29)32)27-17-10-6-7-15(13-17)23(30)28-16-8-4-3-5-9-16/h6-7,10-14,16,27H,3-5,8-9H2,1-2H3,(H,28,30). The number of imide groups is 1. The number of carbonyl (C=O) groups is 3. The quantitative estimate of drug-likeness (QED) is 0.573. The molecule has 0 saturated heterocycles. The summed E-state index contributed by atoms with van der Waals surface area (Å²) >= 11 is 6.27. The molecule has 2 aliphatic rings. The second-order valence-corrected chi connectivity index (χ2v) is 8.56. The van der Waals surface area contributed by atoms with Crippen LogP contribution in [0.15, 0.2) is 53.2 Å². The minimum Gasteiger partial charge on any atom is -0.497 e. The van der Waals surface area contributed by atoms with Gasteiger partial charge >= 0.3 is 0 Å². The maximum Gasteiger partial charge on any atom is 0.283 e. The Morgan fingerprint density at radius 3 is 2.47 bits per heavy atom. The fraction of sp³-hybridized carbons (Fsp3) is 0.320. The minimum absolute atomic E-state index is 0.0821. The molecule has 4 rings (SSSR count). The van der Waals surface area contributed by atoms with Gasteiger partial charge in [-0.05, 0) is 43.2 Å². The van der Waals surface area contributed by atoms with Gasteiger partial charge in [-0.1, -0.05) is 36.9 Å². The van der Waals surface area contributed by atoms with Gasteiger partial charge in [0.1, 0.15) is 22.2 Å². The Hall–Kier alpha value is -3.52. The SMILES string of the molecule is COc1ccc(OC)c(N2C(=O)C(Cl)=C(Nc3cccc(C(=O)NC4CCCCC4)c3)C2=O)c1. The Balaban J connectivity index is 1.54. The number of methoxy groups -OCH3 is 2. The highest BCUT2D eigenvalue weighted by molar-refractivity contribution is 6.53. The van der Waals surface area contributed by atoms with Gasteiger partial charge in [0.2, 0.25) is 0 Å². The van der Waals surface area contributed by atoms with Gasteiger partial charge in [0.15, 0.2) is 0 Å². The lowest BCUT2D eigenvalue weighted by atomic mass is 9.95. The third kappa shape index (κ3) is 4.72. The molecule has 1 fully saturated rings. The molecule has 1 heterocycles. The van der Waals surface area contributed by atoms with Crippen LogP contribution in [0.25, 0.3) is 0 Å². The second kappa shape index (κ2) is 10.2. The molecule has 0 radical (unpaired) electrons. The lowest BCUT2D eigenvalue weighted by Crippen LogP contribution is -2.36. The third-order valence-electron chi connectivity index (χ3n) is 5.99. The van der Waals surface area contributed by atoms with Crippen LogP contribution >= 0.6 is 11.6 Å². The fourth-order valence-electron chi connectivity index (χ4n) is 4.20. The number of anilines is 2. The summed E-state index contributed by atoms with van der Waals surface area (Å²) in [4.78, 5) is 39.8. The number of rotatable bonds is 7. The Kier molecular flexibility index (Phi) is 7.07. The molecule has 1 saturated carbocycles. The molecule has 1 aliphatic heterocycles. The van der Waals surface area contributed by atoms with Gasteiger partial charge < -0.3 is 20.1 Å². The molecule has 1 aliphatic carbocycles. The Morgan fingerprint density at radius 2 is 1.76 bits per heavy atom. The zero-order valence-corrected chi connectivity index (χ0v) is 19.8. The first kappa shape index (κ1) is 23.6. The number of benzene rings is 2. The highest BCUT2D eigenvalue weighted by Gasteiger charge is 2.40. The van der Waals surface area contributed by atoms with Crippen LogP contribution in [-0.2, 0) is 9.59 Å². The van der Waals surface area contributed by atoms with E-state index < -0.39 is 11.8 Å². The molecule has 0 bridgehead atoms. The Labute approximate surface area is 202 Å².